The van der Waals surface area contributed by atoms with Gasteiger partial charge < -0.3 is 10.2 Å². The van der Waals surface area contributed by atoms with Gasteiger partial charge in [-0.05, 0) is 73.0 Å². The molecule has 0 aliphatic carbocycles. The van der Waals surface area contributed by atoms with Crippen LogP contribution in [0, 0.1) is 13.8 Å². The number of carbonyl (C=O) groups is 1. The van der Waals surface area contributed by atoms with E-state index in [4.69, 9.17) is 16.6 Å². The highest BCUT2D eigenvalue weighted by atomic mass is 35.5. The summed E-state index contributed by atoms with van der Waals surface area (Å²) in [6.45, 7) is 4.64. The number of imidazole rings is 1. The number of nitrogens with one attached hydrogen (secondary N) is 1. The molecular weight excluding hydrogens is 468 g/mol. The maximum absolute atomic E-state index is 14.7. The number of carbonyl (C=O) groups excluding carboxylic acids is 1. The van der Waals surface area contributed by atoms with E-state index in [0.717, 1.165) is 50.5 Å². The fraction of sp³-hybridized carbons (Fsp3) is 0.133. The number of aromatic nitrogens is 2. The molecule has 1 atom stereocenters. The van der Waals surface area contributed by atoms with E-state index in [-0.39, 0.29) is 5.91 Å². The van der Waals surface area contributed by atoms with Crippen LogP contribution in [0.3, 0.4) is 0 Å². The molecule has 36 heavy (non-hydrogen) atoms. The van der Waals surface area contributed by atoms with Gasteiger partial charge in [-0.3, -0.25) is 9.36 Å². The number of rotatable bonds is 2. The lowest BCUT2D eigenvalue weighted by atomic mass is 9.95. The standard InChI is InChI=1S/C30H23ClN4O/c1-18-14-25-27(15-19(18)2)35-28(32-25)22-10-6-7-11-24(22)33-30(35)23-16-21(31)12-13-26(23)34(29(30)36)17-20-8-4-3-5-9-20/h3-16,33H,17H2,1-2H3. The third kappa shape index (κ3) is 2.78. The van der Waals surface area contributed by atoms with Crippen molar-refractivity contribution >= 4 is 39.9 Å². The van der Waals surface area contributed by atoms with Crippen LogP contribution in [-0.4, -0.2) is 15.5 Å². The summed E-state index contributed by atoms with van der Waals surface area (Å²) in [6.07, 6.45) is 0. The molecule has 0 radical (unpaired) electrons. The normalized spacial score (nSPS) is 17.8. The number of aryl methyl sites for hydroxylation is 2. The molecular formula is C30H23ClN4O. The van der Waals surface area contributed by atoms with Gasteiger partial charge in [0.05, 0.1) is 23.3 Å². The van der Waals surface area contributed by atoms with Gasteiger partial charge in [-0.25, -0.2) is 4.98 Å². The number of halogens is 1. The lowest BCUT2D eigenvalue weighted by Crippen LogP contribution is -2.53. The van der Waals surface area contributed by atoms with Crippen molar-refractivity contribution < 1.29 is 4.79 Å². The van der Waals surface area contributed by atoms with E-state index in [9.17, 15) is 4.79 Å². The van der Waals surface area contributed by atoms with Gasteiger partial charge in [-0.15, -0.1) is 0 Å². The first-order valence-electron chi connectivity index (χ1n) is 12.0. The Balaban J connectivity index is 1.56. The molecule has 1 N–H and O–H groups in total. The molecule has 3 heterocycles. The Morgan fingerprint density at radius 3 is 2.50 bits per heavy atom. The van der Waals surface area contributed by atoms with Crippen molar-refractivity contribution in [2.75, 3.05) is 10.2 Å². The van der Waals surface area contributed by atoms with Crippen LogP contribution in [0.25, 0.3) is 22.4 Å². The first-order valence-corrected chi connectivity index (χ1v) is 12.4. The number of anilines is 2. The highest BCUT2D eigenvalue weighted by Crippen LogP contribution is 2.51. The Labute approximate surface area is 214 Å². The molecule has 1 spiro atoms. The van der Waals surface area contributed by atoms with Gasteiger partial charge >= 0.3 is 0 Å². The van der Waals surface area contributed by atoms with Crippen molar-refractivity contribution in [3.8, 4) is 11.4 Å². The van der Waals surface area contributed by atoms with Crippen LogP contribution in [0.1, 0.15) is 22.3 Å². The summed E-state index contributed by atoms with van der Waals surface area (Å²) in [5.41, 5.74) is 7.44. The van der Waals surface area contributed by atoms with Crippen LogP contribution in [-0.2, 0) is 17.0 Å². The van der Waals surface area contributed by atoms with E-state index in [2.05, 4.69) is 35.9 Å². The molecule has 5 nitrogen and oxygen atoms in total. The largest absolute Gasteiger partial charge is 0.350 e. The van der Waals surface area contributed by atoms with Crippen LogP contribution in [0.15, 0.2) is 84.9 Å². The molecule has 2 aliphatic heterocycles. The van der Waals surface area contributed by atoms with Crippen LogP contribution >= 0.6 is 11.6 Å². The summed E-state index contributed by atoms with van der Waals surface area (Å²) in [4.78, 5) is 21.6. The minimum absolute atomic E-state index is 0.0584. The summed E-state index contributed by atoms with van der Waals surface area (Å²) < 4.78 is 2.08. The second-order valence-electron chi connectivity index (χ2n) is 9.62. The predicted molar refractivity (Wildman–Crippen MR) is 144 cm³/mol. The van der Waals surface area contributed by atoms with Crippen molar-refractivity contribution in [3.63, 3.8) is 0 Å². The molecule has 2 aliphatic rings. The summed E-state index contributed by atoms with van der Waals surface area (Å²) in [6, 6.07) is 28.0. The number of hydrogen-bond acceptors (Lipinski definition) is 3. The van der Waals surface area contributed by atoms with Gasteiger partial charge in [0.25, 0.3) is 5.91 Å². The minimum atomic E-state index is -1.21. The van der Waals surface area contributed by atoms with Gasteiger partial charge in [0.1, 0.15) is 5.82 Å². The SMILES string of the molecule is Cc1cc2nc3n(c2cc1C)C1(Nc2ccccc2-3)C(=O)N(Cc2ccccc2)c2ccc(Cl)cc21. The Morgan fingerprint density at radius 2 is 1.67 bits per heavy atom. The highest BCUT2D eigenvalue weighted by molar-refractivity contribution is 6.31. The first-order chi connectivity index (χ1) is 17.5. The van der Waals surface area contributed by atoms with E-state index in [0.29, 0.717) is 11.6 Å². The zero-order valence-corrected chi connectivity index (χ0v) is 20.7. The second-order valence-corrected chi connectivity index (χ2v) is 10.1. The van der Waals surface area contributed by atoms with Crippen molar-refractivity contribution in [1.82, 2.24) is 9.55 Å². The Kier molecular flexibility index (Phi) is 4.39. The molecule has 1 unspecified atom stereocenters. The van der Waals surface area contributed by atoms with Gasteiger partial charge in [-0.1, -0.05) is 54.1 Å². The van der Waals surface area contributed by atoms with E-state index in [1.807, 2.05) is 77.7 Å². The Bertz CT molecular complexity index is 1710. The molecule has 7 rings (SSSR count). The van der Waals surface area contributed by atoms with Crippen molar-refractivity contribution in [1.29, 1.82) is 0 Å². The molecule has 176 valence electrons. The monoisotopic (exact) mass is 490 g/mol. The number of hydrogen-bond donors (Lipinski definition) is 1. The van der Waals surface area contributed by atoms with Gasteiger partial charge in [0.2, 0.25) is 5.66 Å². The van der Waals surface area contributed by atoms with E-state index < -0.39 is 5.66 Å². The van der Waals surface area contributed by atoms with Crippen LogP contribution < -0.4 is 10.2 Å². The second kappa shape index (κ2) is 7.45. The molecule has 5 aromatic rings. The van der Waals surface area contributed by atoms with Gasteiger partial charge in [0, 0.05) is 21.8 Å². The maximum atomic E-state index is 14.7. The lowest BCUT2D eigenvalue weighted by Gasteiger charge is -2.38. The quantitative estimate of drug-likeness (QED) is 0.301. The smallest absolute Gasteiger partial charge is 0.279 e. The number of fused-ring (bicyclic) bond motifs is 8. The van der Waals surface area contributed by atoms with E-state index >= 15 is 0 Å². The molecule has 1 aromatic heterocycles. The molecule has 6 heteroatoms. The zero-order chi connectivity index (χ0) is 24.6. The molecule has 4 aromatic carbocycles. The average Bonchev–Trinajstić information content (AvgIpc) is 3.35. The number of benzene rings is 4. The van der Waals surface area contributed by atoms with Gasteiger partial charge in [-0.2, -0.15) is 0 Å². The molecule has 0 saturated carbocycles. The third-order valence-corrected chi connectivity index (χ3v) is 7.70. The fourth-order valence-electron chi connectivity index (χ4n) is 5.60. The molecule has 0 saturated heterocycles. The van der Waals surface area contributed by atoms with Crippen molar-refractivity contribution in [3.05, 3.63) is 112 Å². The number of para-hydroxylation sites is 1. The Hall–Kier alpha value is -4.09. The van der Waals surface area contributed by atoms with Crippen molar-refractivity contribution in [2.45, 2.75) is 26.1 Å². The summed E-state index contributed by atoms with van der Waals surface area (Å²) in [5.74, 6) is 0.710. The summed E-state index contributed by atoms with van der Waals surface area (Å²) in [5, 5.41) is 4.25. The molecule has 1 amide bonds. The van der Waals surface area contributed by atoms with Crippen LogP contribution in [0.4, 0.5) is 11.4 Å². The zero-order valence-electron chi connectivity index (χ0n) is 19.9. The third-order valence-electron chi connectivity index (χ3n) is 7.47. The van der Waals surface area contributed by atoms with Crippen LogP contribution in [0.2, 0.25) is 5.02 Å². The van der Waals surface area contributed by atoms with E-state index in [1.54, 1.807) is 0 Å². The molecule has 0 fully saturated rings. The first kappa shape index (κ1) is 21.2. The van der Waals surface area contributed by atoms with E-state index in [1.165, 1.54) is 5.56 Å². The molecule has 0 bridgehead atoms. The highest BCUT2D eigenvalue weighted by Gasteiger charge is 2.56. The number of nitrogens with zero attached hydrogens (tertiary/aromatic N) is 3. The van der Waals surface area contributed by atoms with Crippen molar-refractivity contribution in [2.24, 2.45) is 0 Å². The summed E-state index contributed by atoms with van der Waals surface area (Å²) in [7, 11) is 0. The predicted octanol–water partition coefficient (Wildman–Crippen LogP) is 6.65. The van der Waals surface area contributed by atoms with Crippen LogP contribution in [0.5, 0.6) is 0 Å². The average molecular weight is 491 g/mol. The van der Waals surface area contributed by atoms with Gasteiger partial charge in [0.15, 0.2) is 0 Å². The Morgan fingerprint density at radius 1 is 0.917 bits per heavy atom. The fourth-order valence-corrected chi connectivity index (χ4v) is 5.78. The topological polar surface area (TPSA) is 50.2 Å². The number of amides is 1. The summed E-state index contributed by atoms with van der Waals surface area (Å²) >= 11 is 6.56. The minimum Gasteiger partial charge on any atom is -0.350 e. The maximum Gasteiger partial charge on any atom is 0.279 e. The lowest BCUT2D eigenvalue weighted by molar-refractivity contribution is -0.123.